The second-order valence-electron chi connectivity index (χ2n) is 4.37. The topological polar surface area (TPSA) is 35.5 Å². The molecule has 0 saturated carbocycles. The molecular formula is C16H22O3. The molecule has 0 amide bonds. The van der Waals surface area contributed by atoms with E-state index in [2.05, 4.69) is 6.92 Å². The van der Waals surface area contributed by atoms with Crippen LogP contribution in [0.2, 0.25) is 0 Å². The van der Waals surface area contributed by atoms with Gasteiger partial charge in [-0.25, -0.2) is 0 Å². The Morgan fingerprint density at radius 3 is 2.47 bits per heavy atom. The van der Waals surface area contributed by atoms with Gasteiger partial charge in [-0.15, -0.1) is 0 Å². The molecule has 1 rings (SSSR count). The van der Waals surface area contributed by atoms with Crippen molar-refractivity contribution >= 4 is 11.9 Å². The van der Waals surface area contributed by atoms with E-state index in [9.17, 15) is 4.79 Å². The zero-order valence-electron chi connectivity index (χ0n) is 12.2. The van der Waals surface area contributed by atoms with Gasteiger partial charge >= 0.3 is 0 Å². The van der Waals surface area contributed by atoms with Crippen LogP contribution in [-0.4, -0.2) is 19.0 Å². The molecule has 19 heavy (non-hydrogen) atoms. The fourth-order valence-corrected chi connectivity index (χ4v) is 1.57. The third-order valence-corrected chi connectivity index (χ3v) is 2.67. The van der Waals surface area contributed by atoms with Crippen LogP contribution in [-0.2, 0) is 4.79 Å². The van der Waals surface area contributed by atoms with E-state index in [1.54, 1.807) is 6.92 Å². The SMILES string of the molecule is CCCOc1ccc(/C=C(/C)C(C)=O)cc1OCC. The minimum atomic E-state index is 0.0734. The summed E-state index contributed by atoms with van der Waals surface area (Å²) in [4.78, 5) is 11.2. The first kappa shape index (κ1) is 15.3. The lowest BCUT2D eigenvalue weighted by molar-refractivity contribution is -0.113. The van der Waals surface area contributed by atoms with Gasteiger partial charge in [0.15, 0.2) is 17.3 Å². The van der Waals surface area contributed by atoms with E-state index in [-0.39, 0.29) is 5.78 Å². The molecule has 3 nitrogen and oxygen atoms in total. The Kier molecular flexibility index (Phi) is 6.13. The van der Waals surface area contributed by atoms with Gasteiger partial charge in [-0.3, -0.25) is 4.79 Å². The Morgan fingerprint density at radius 1 is 1.16 bits per heavy atom. The van der Waals surface area contributed by atoms with Crippen LogP contribution < -0.4 is 9.47 Å². The summed E-state index contributed by atoms with van der Waals surface area (Å²) in [6, 6.07) is 5.72. The molecule has 0 aromatic heterocycles. The van der Waals surface area contributed by atoms with Gasteiger partial charge in [-0.1, -0.05) is 13.0 Å². The molecule has 104 valence electrons. The molecule has 0 fully saturated rings. The summed E-state index contributed by atoms with van der Waals surface area (Å²) < 4.78 is 11.2. The van der Waals surface area contributed by atoms with Crippen LogP contribution in [0.15, 0.2) is 23.8 Å². The Morgan fingerprint density at radius 2 is 1.89 bits per heavy atom. The molecule has 0 radical (unpaired) electrons. The van der Waals surface area contributed by atoms with Crippen LogP contribution in [0, 0.1) is 0 Å². The van der Waals surface area contributed by atoms with Crippen LogP contribution in [0.25, 0.3) is 6.08 Å². The molecule has 0 unspecified atom stereocenters. The highest BCUT2D eigenvalue weighted by Crippen LogP contribution is 2.29. The normalized spacial score (nSPS) is 11.3. The maximum absolute atomic E-state index is 11.2. The van der Waals surface area contributed by atoms with Gasteiger partial charge in [0.1, 0.15) is 0 Å². The van der Waals surface area contributed by atoms with Crippen molar-refractivity contribution in [3.63, 3.8) is 0 Å². The van der Waals surface area contributed by atoms with Crippen LogP contribution >= 0.6 is 0 Å². The highest BCUT2D eigenvalue weighted by Gasteiger charge is 2.06. The molecule has 0 atom stereocenters. The molecule has 0 heterocycles. The molecular weight excluding hydrogens is 240 g/mol. The average Bonchev–Trinajstić information content (AvgIpc) is 2.38. The van der Waals surface area contributed by atoms with Crippen molar-refractivity contribution in [3.05, 3.63) is 29.3 Å². The average molecular weight is 262 g/mol. The predicted octanol–water partition coefficient (Wildman–Crippen LogP) is 3.87. The summed E-state index contributed by atoms with van der Waals surface area (Å²) in [5.74, 6) is 1.55. The lowest BCUT2D eigenvalue weighted by Gasteiger charge is -2.12. The minimum Gasteiger partial charge on any atom is -0.490 e. The van der Waals surface area contributed by atoms with Gasteiger partial charge in [-0.05, 0) is 56.5 Å². The number of rotatable bonds is 7. The number of Topliss-reactive ketones (excluding diaryl/α,β-unsaturated/α-hetero) is 1. The Labute approximate surface area is 115 Å². The summed E-state index contributed by atoms with van der Waals surface area (Å²) in [5, 5.41) is 0. The summed E-state index contributed by atoms with van der Waals surface area (Å²) in [7, 11) is 0. The zero-order chi connectivity index (χ0) is 14.3. The Balaban J connectivity index is 3.01. The fourth-order valence-electron chi connectivity index (χ4n) is 1.57. The van der Waals surface area contributed by atoms with Crippen molar-refractivity contribution in [2.24, 2.45) is 0 Å². The second-order valence-corrected chi connectivity index (χ2v) is 4.37. The van der Waals surface area contributed by atoms with E-state index in [0.717, 1.165) is 29.1 Å². The first-order valence-corrected chi connectivity index (χ1v) is 6.67. The quantitative estimate of drug-likeness (QED) is 0.700. The molecule has 0 N–H and O–H groups in total. The lowest BCUT2D eigenvalue weighted by Crippen LogP contribution is -2.00. The number of benzene rings is 1. The van der Waals surface area contributed by atoms with Crippen molar-refractivity contribution in [2.75, 3.05) is 13.2 Å². The van der Waals surface area contributed by atoms with Crippen molar-refractivity contribution in [2.45, 2.75) is 34.1 Å². The van der Waals surface area contributed by atoms with Crippen LogP contribution in [0.5, 0.6) is 11.5 Å². The molecule has 0 spiro atoms. The summed E-state index contributed by atoms with van der Waals surface area (Å²) >= 11 is 0. The highest BCUT2D eigenvalue weighted by molar-refractivity contribution is 5.97. The highest BCUT2D eigenvalue weighted by atomic mass is 16.5. The van der Waals surface area contributed by atoms with Crippen molar-refractivity contribution in [3.8, 4) is 11.5 Å². The number of carbonyl (C=O) groups excluding carboxylic acids is 1. The van der Waals surface area contributed by atoms with E-state index < -0.39 is 0 Å². The lowest BCUT2D eigenvalue weighted by atomic mass is 10.1. The minimum absolute atomic E-state index is 0.0734. The molecule has 1 aromatic rings. The van der Waals surface area contributed by atoms with Crippen LogP contribution in [0.1, 0.15) is 39.7 Å². The Bertz CT molecular complexity index is 461. The van der Waals surface area contributed by atoms with E-state index in [4.69, 9.17) is 9.47 Å². The number of ether oxygens (including phenoxy) is 2. The summed E-state index contributed by atoms with van der Waals surface area (Å²) in [6.07, 6.45) is 2.81. The Hall–Kier alpha value is -1.77. The van der Waals surface area contributed by atoms with E-state index in [0.29, 0.717) is 13.2 Å². The molecule has 1 aromatic carbocycles. The van der Waals surface area contributed by atoms with Gasteiger partial charge < -0.3 is 9.47 Å². The smallest absolute Gasteiger partial charge is 0.161 e. The number of hydrogen-bond donors (Lipinski definition) is 0. The number of allylic oxidation sites excluding steroid dienone is 1. The van der Waals surface area contributed by atoms with E-state index in [1.165, 1.54) is 0 Å². The van der Waals surface area contributed by atoms with E-state index in [1.807, 2.05) is 38.1 Å². The van der Waals surface area contributed by atoms with Gasteiger partial charge in [-0.2, -0.15) is 0 Å². The molecule has 0 bridgehead atoms. The largest absolute Gasteiger partial charge is 0.490 e. The van der Waals surface area contributed by atoms with Gasteiger partial charge in [0.25, 0.3) is 0 Å². The third-order valence-electron chi connectivity index (χ3n) is 2.67. The maximum atomic E-state index is 11.2. The molecule has 0 aliphatic rings. The van der Waals surface area contributed by atoms with Crippen LogP contribution in [0.4, 0.5) is 0 Å². The summed E-state index contributed by atoms with van der Waals surface area (Å²) in [5.41, 5.74) is 1.67. The van der Waals surface area contributed by atoms with Gasteiger partial charge in [0.05, 0.1) is 13.2 Å². The molecule has 3 heteroatoms. The maximum Gasteiger partial charge on any atom is 0.161 e. The summed E-state index contributed by atoms with van der Waals surface area (Å²) in [6.45, 7) is 8.63. The van der Waals surface area contributed by atoms with Crippen molar-refractivity contribution in [1.82, 2.24) is 0 Å². The second kappa shape index (κ2) is 7.62. The monoisotopic (exact) mass is 262 g/mol. The first-order valence-electron chi connectivity index (χ1n) is 6.67. The van der Waals surface area contributed by atoms with Crippen molar-refractivity contribution < 1.29 is 14.3 Å². The van der Waals surface area contributed by atoms with E-state index >= 15 is 0 Å². The predicted molar refractivity (Wildman–Crippen MR) is 77.7 cm³/mol. The van der Waals surface area contributed by atoms with Gasteiger partial charge in [0, 0.05) is 0 Å². The molecule has 0 aliphatic carbocycles. The number of carbonyl (C=O) groups is 1. The van der Waals surface area contributed by atoms with Gasteiger partial charge in [0.2, 0.25) is 0 Å². The molecule has 0 aliphatic heterocycles. The number of hydrogen-bond acceptors (Lipinski definition) is 3. The first-order chi connectivity index (χ1) is 9.08. The van der Waals surface area contributed by atoms with Crippen molar-refractivity contribution in [1.29, 1.82) is 0 Å². The standard InChI is InChI=1S/C16H22O3/c1-5-9-19-15-8-7-14(10-12(3)13(4)17)11-16(15)18-6-2/h7-8,10-11H,5-6,9H2,1-4H3/b12-10-. The fraction of sp³-hybridized carbons (Fsp3) is 0.438. The number of ketones is 1. The molecule has 0 saturated heterocycles. The van der Waals surface area contributed by atoms with Crippen LogP contribution in [0.3, 0.4) is 0 Å². The zero-order valence-corrected chi connectivity index (χ0v) is 12.2. The third kappa shape index (κ3) is 4.78.